The van der Waals surface area contributed by atoms with E-state index in [9.17, 15) is 9.18 Å². The summed E-state index contributed by atoms with van der Waals surface area (Å²) in [4.78, 5) is 12.0. The number of nitrogens with one attached hydrogen (secondary N) is 2. The first kappa shape index (κ1) is 14.8. The molecule has 1 fully saturated rings. The molecule has 1 aliphatic heterocycles. The molecule has 1 unspecified atom stereocenters. The van der Waals surface area contributed by atoms with Gasteiger partial charge in [-0.1, -0.05) is 0 Å². The van der Waals surface area contributed by atoms with E-state index in [1.807, 2.05) is 6.92 Å². The van der Waals surface area contributed by atoms with Gasteiger partial charge in [-0.2, -0.15) is 0 Å². The second-order valence-corrected chi connectivity index (χ2v) is 5.15. The van der Waals surface area contributed by atoms with Crippen LogP contribution >= 0.6 is 0 Å². The summed E-state index contributed by atoms with van der Waals surface area (Å²) in [6.07, 6.45) is 1.63. The smallest absolute Gasteiger partial charge is 0.223 e. The highest BCUT2D eigenvalue weighted by Gasteiger charge is 2.21. The molecule has 0 aliphatic carbocycles. The van der Waals surface area contributed by atoms with E-state index in [1.54, 1.807) is 12.1 Å². The van der Waals surface area contributed by atoms with Crippen LogP contribution in [0.15, 0.2) is 24.3 Å². The summed E-state index contributed by atoms with van der Waals surface area (Å²) in [5.74, 6) is 0.523. The maximum Gasteiger partial charge on any atom is 0.223 e. The molecule has 1 aromatic rings. The fourth-order valence-corrected chi connectivity index (χ4v) is 2.26. The molecule has 1 aromatic carbocycles. The van der Waals surface area contributed by atoms with Gasteiger partial charge in [-0.05, 0) is 57.1 Å². The lowest BCUT2D eigenvalue weighted by molar-refractivity contribution is -0.126. The largest absolute Gasteiger partial charge is 0.489 e. The SMILES string of the molecule is CC(CNC(=O)C1CCNCC1)Oc1ccc(F)cc1. The van der Waals surface area contributed by atoms with Gasteiger partial charge >= 0.3 is 0 Å². The van der Waals surface area contributed by atoms with E-state index in [1.165, 1.54) is 12.1 Å². The van der Waals surface area contributed by atoms with Gasteiger partial charge in [-0.3, -0.25) is 4.79 Å². The second kappa shape index (κ2) is 7.24. The fourth-order valence-electron chi connectivity index (χ4n) is 2.26. The highest BCUT2D eigenvalue weighted by Crippen LogP contribution is 2.14. The predicted octanol–water partition coefficient (Wildman–Crippen LogP) is 1.71. The quantitative estimate of drug-likeness (QED) is 0.863. The Labute approximate surface area is 118 Å². The van der Waals surface area contributed by atoms with Crippen molar-refractivity contribution in [2.75, 3.05) is 19.6 Å². The minimum Gasteiger partial charge on any atom is -0.489 e. The lowest BCUT2D eigenvalue weighted by atomic mass is 9.97. The van der Waals surface area contributed by atoms with Crippen LogP contribution in [0.2, 0.25) is 0 Å². The van der Waals surface area contributed by atoms with E-state index in [2.05, 4.69) is 10.6 Å². The predicted molar refractivity (Wildman–Crippen MR) is 75.1 cm³/mol. The molecule has 1 amide bonds. The van der Waals surface area contributed by atoms with Crippen molar-refractivity contribution in [2.24, 2.45) is 5.92 Å². The Morgan fingerprint density at radius 2 is 2.05 bits per heavy atom. The third-order valence-corrected chi connectivity index (χ3v) is 3.42. The van der Waals surface area contributed by atoms with Gasteiger partial charge < -0.3 is 15.4 Å². The molecule has 5 heteroatoms. The lowest BCUT2D eigenvalue weighted by Crippen LogP contribution is -2.41. The van der Waals surface area contributed by atoms with Gasteiger partial charge in [0.15, 0.2) is 0 Å². The monoisotopic (exact) mass is 280 g/mol. The molecule has 110 valence electrons. The van der Waals surface area contributed by atoms with Crippen LogP contribution < -0.4 is 15.4 Å². The van der Waals surface area contributed by atoms with Crippen molar-refractivity contribution in [1.82, 2.24) is 10.6 Å². The molecule has 20 heavy (non-hydrogen) atoms. The number of amides is 1. The molecule has 2 N–H and O–H groups in total. The van der Waals surface area contributed by atoms with Gasteiger partial charge in [0, 0.05) is 5.92 Å². The summed E-state index contributed by atoms with van der Waals surface area (Å²) in [5, 5.41) is 6.15. The first-order chi connectivity index (χ1) is 9.65. The average molecular weight is 280 g/mol. The topological polar surface area (TPSA) is 50.4 Å². The summed E-state index contributed by atoms with van der Waals surface area (Å²) >= 11 is 0. The lowest BCUT2D eigenvalue weighted by Gasteiger charge is -2.23. The molecule has 0 saturated carbocycles. The molecule has 0 bridgehead atoms. The molecule has 4 nitrogen and oxygen atoms in total. The Morgan fingerprint density at radius 3 is 2.70 bits per heavy atom. The van der Waals surface area contributed by atoms with E-state index in [4.69, 9.17) is 4.74 Å². The van der Waals surface area contributed by atoms with Crippen LogP contribution in [0.3, 0.4) is 0 Å². The van der Waals surface area contributed by atoms with Gasteiger partial charge in [0.2, 0.25) is 5.91 Å². The third kappa shape index (κ3) is 4.49. The molecule has 0 spiro atoms. The number of halogens is 1. The summed E-state index contributed by atoms with van der Waals surface area (Å²) < 4.78 is 18.4. The highest BCUT2D eigenvalue weighted by atomic mass is 19.1. The number of hydrogen-bond donors (Lipinski definition) is 2. The maximum atomic E-state index is 12.8. The van der Waals surface area contributed by atoms with Crippen LogP contribution in [-0.4, -0.2) is 31.6 Å². The van der Waals surface area contributed by atoms with Crippen molar-refractivity contribution in [2.45, 2.75) is 25.9 Å². The molecule has 1 aliphatic rings. The molecule has 1 atom stereocenters. The molecular formula is C15H21FN2O2. The Kier molecular flexibility index (Phi) is 5.35. The van der Waals surface area contributed by atoms with E-state index in [0.29, 0.717) is 12.3 Å². The number of piperidine rings is 1. The molecule has 1 heterocycles. The van der Waals surface area contributed by atoms with Crippen molar-refractivity contribution in [3.05, 3.63) is 30.1 Å². The maximum absolute atomic E-state index is 12.8. The summed E-state index contributed by atoms with van der Waals surface area (Å²) in [7, 11) is 0. The van der Waals surface area contributed by atoms with Gasteiger partial charge in [-0.15, -0.1) is 0 Å². The molecule has 0 aromatic heterocycles. The number of carbonyl (C=O) groups is 1. The molecule has 0 radical (unpaired) electrons. The number of rotatable bonds is 5. The first-order valence-electron chi connectivity index (χ1n) is 7.06. The van der Waals surface area contributed by atoms with Crippen molar-refractivity contribution in [3.63, 3.8) is 0 Å². The Hall–Kier alpha value is -1.62. The van der Waals surface area contributed by atoms with Crippen LogP contribution in [0.1, 0.15) is 19.8 Å². The van der Waals surface area contributed by atoms with Crippen LogP contribution in [0.5, 0.6) is 5.75 Å². The summed E-state index contributed by atoms with van der Waals surface area (Å²) in [6.45, 7) is 4.14. The summed E-state index contributed by atoms with van der Waals surface area (Å²) in [5.41, 5.74) is 0. The molecule has 2 rings (SSSR count). The molecule has 1 saturated heterocycles. The number of ether oxygens (including phenoxy) is 1. The van der Waals surface area contributed by atoms with Gasteiger partial charge in [0.1, 0.15) is 17.7 Å². The van der Waals surface area contributed by atoms with Crippen molar-refractivity contribution in [3.8, 4) is 5.75 Å². The average Bonchev–Trinajstić information content (AvgIpc) is 2.48. The second-order valence-electron chi connectivity index (χ2n) is 5.15. The number of benzene rings is 1. The van der Waals surface area contributed by atoms with Crippen LogP contribution in [-0.2, 0) is 4.79 Å². The zero-order chi connectivity index (χ0) is 14.4. The minimum atomic E-state index is -0.288. The van der Waals surface area contributed by atoms with Crippen LogP contribution in [0.4, 0.5) is 4.39 Å². The summed E-state index contributed by atoms with van der Waals surface area (Å²) in [6, 6.07) is 5.88. The Morgan fingerprint density at radius 1 is 1.40 bits per heavy atom. The standard InChI is InChI=1S/C15H21FN2O2/c1-11(20-14-4-2-13(16)3-5-14)10-18-15(19)12-6-8-17-9-7-12/h2-5,11-12,17H,6-10H2,1H3,(H,18,19). The van der Waals surface area contributed by atoms with Gasteiger partial charge in [0.05, 0.1) is 6.54 Å². The zero-order valence-electron chi connectivity index (χ0n) is 11.7. The Bertz CT molecular complexity index is 430. The van der Waals surface area contributed by atoms with Crippen LogP contribution in [0, 0.1) is 11.7 Å². The third-order valence-electron chi connectivity index (χ3n) is 3.42. The number of carbonyl (C=O) groups excluding carboxylic acids is 1. The fraction of sp³-hybridized carbons (Fsp3) is 0.533. The van der Waals surface area contributed by atoms with Crippen molar-refractivity contribution >= 4 is 5.91 Å². The van der Waals surface area contributed by atoms with E-state index in [0.717, 1.165) is 25.9 Å². The van der Waals surface area contributed by atoms with E-state index in [-0.39, 0.29) is 23.7 Å². The molecular weight excluding hydrogens is 259 g/mol. The Balaban J connectivity index is 1.72. The van der Waals surface area contributed by atoms with E-state index < -0.39 is 0 Å². The van der Waals surface area contributed by atoms with Crippen molar-refractivity contribution < 1.29 is 13.9 Å². The van der Waals surface area contributed by atoms with Gasteiger partial charge in [-0.25, -0.2) is 4.39 Å². The normalized spacial score (nSPS) is 17.5. The van der Waals surface area contributed by atoms with Crippen LogP contribution in [0.25, 0.3) is 0 Å². The highest BCUT2D eigenvalue weighted by molar-refractivity contribution is 5.78. The number of hydrogen-bond acceptors (Lipinski definition) is 3. The first-order valence-corrected chi connectivity index (χ1v) is 7.06. The van der Waals surface area contributed by atoms with E-state index >= 15 is 0 Å². The van der Waals surface area contributed by atoms with Crippen molar-refractivity contribution in [1.29, 1.82) is 0 Å². The minimum absolute atomic E-state index is 0.0982. The zero-order valence-corrected chi connectivity index (χ0v) is 11.7. The van der Waals surface area contributed by atoms with Gasteiger partial charge in [0.25, 0.3) is 0 Å².